The second kappa shape index (κ2) is 9.54. The van der Waals surface area contributed by atoms with Crippen molar-refractivity contribution < 1.29 is 18.6 Å². The Hall–Kier alpha value is -3.62. The first-order chi connectivity index (χ1) is 18.6. The van der Waals surface area contributed by atoms with E-state index in [0.29, 0.717) is 35.2 Å². The third-order valence-corrected chi connectivity index (χ3v) is 7.98. The lowest BCUT2D eigenvalue weighted by Crippen LogP contribution is -2.27. The molecule has 6 nitrogen and oxygen atoms in total. The van der Waals surface area contributed by atoms with E-state index in [1.165, 1.54) is 12.1 Å². The number of halogens is 2. The molecule has 0 radical (unpaired) electrons. The normalized spacial score (nSPS) is 15.9. The van der Waals surface area contributed by atoms with Gasteiger partial charge in [0.15, 0.2) is 0 Å². The number of hydrogen-bond acceptors (Lipinski definition) is 4. The van der Waals surface area contributed by atoms with Crippen molar-refractivity contribution >= 4 is 21.9 Å². The number of pyridine rings is 1. The molecule has 1 aliphatic rings. The Balaban J connectivity index is 1.73. The van der Waals surface area contributed by atoms with Crippen LogP contribution in [0, 0.1) is 24.5 Å². The van der Waals surface area contributed by atoms with Crippen LogP contribution in [-0.2, 0) is 17.4 Å². The number of rotatable bonds is 5. The Morgan fingerprint density at radius 2 is 1.82 bits per heavy atom. The standard InChI is InChI=1S/C31H32F2N4O2/c1-18-16-35-36(4)29(18)21-13-26-28(34-17-21)27-24(33)14-22(31(2,3)38)15-25(27)37(26)30(19-8-10-39-11-9-19)20-6-5-7-23(32)12-20/h5-7,12-17,19,30,38H,8-11H2,1-4H3. The van der Waals surface area contributed by atoms with Crippen LogP contribution in [0.4, 0.5) is 8.78 Å². The molecular formula is C31H32F2N4O2. The zero-order chi connectivity index (χ0) is 27.5. The van der Waals surface area contributed by atoms with Crippen LogP contribution in [0.2, 0.25) is 0 Å². The predicted molar refractivity (Wildman–Crippen MR) is 147 cm³/mol. The Morgan fingerprint density at radius 3 is 2.49 bits per heavy atom. The van der Waals surface area contributed by atoms with Gasteiger partial charge in [0.1, 0.15) is 11.6 Å². The Bertz CT molecular complexity index is 1670. The highest BCUT2D eigenvalue weighted by molar-refractivity contribution is 6.07. The average Bonchev–Trinajstić information content (AvgIpc) is 3.40. The van der Waals surface area contributed by atoms with Crippen LogP contribution >= 0.6 is 0 Å². The molecule has 1 aliphatic heterocycles. The molecule has 5 aromatic rings. The van der Waals surface area contributed by atoms with E-state index in [0.717, 1.165) is 40.7 Å². The fraction of sp³-hybridized carbons (Fsp3) is 0.355. The summed E-state index contributed by atoms with van der Waals surface area (Å²) in [4.78, 5) is 4.80. The Morgan fingerprint density at radius 1 is 1.05 bits per heavy atom. The van der Waals surface area contributed by atoms with Gasteiger partial charge in [0.2, 0.25) is 0 Å². The minimum atomic E-state index is -1.26. The first kappa shape index (κ1) is 25.6. The van der Waals surface area contributed by atoms with Crippen molar-refractivity contribution in [2.24, 2.45) is 13.0 Å². The van der Waals surface area contributed by atoms with Crippen molar-refractivity contribution in [2.45, 2.75) is 45.3 Å². The van der Waals surface area contributed by atoms with Crippen LogP contribution < -0.4 is 0 Å². The summed E-state index contributed by atoms with van der Waals surface area (Å²) < 4.78 is 40.2. The van der Waals surface area contributed by atoms with Gasteiger partial charge < -0.3 is 14.4 Å². The summed E-state index contributed by atoms with van der Waals surface area (Å²) in [6.07, 6.45) is 5.13. The monoisotopic (exact) mass is 530 g/mol. The van der Waals surface area contributed by atoms with Crippen LogP contribution in [0.15, 0.2) is 54.9 Å². The summed E-state index contributed by atoms with van der Waals surface area (Å²) in [6, 6.07) is 11.6. The molecule has 0 saturated carbocycles. The van der Waals surface area contributed by atoms with Crippen molar-refractivity contribution in [1.29, 1.82) is 0 Å². The first-order valence-corrected chi connectivity index (χ1v) is 13.3. The number of hydrogen-bond donors (Lipinski definition) is 1. The fourth-order valence-electron chi connectivity index (χ4n) is 6.07. The molecule has 39 heavy (non-hydrogen) atoms. The number of nitrogens with zero attached hydrogens (tertiary/aromatic N) is 4. The molecule has 0 amide bonds. The van der Waals surface area contributed by atoms with E-state index in [1.807, 2.05) is 38.4 Å². The van der Waals surface area contributed by atoms with Crippen LogP contribution in [0.5, 0.6) is 0 Å². The number of aryl methyl sites for hydroxylation is 2. The van der Waals surface area contributed by atoms with Gasteiger partial charge in [-0.05, 0) is 86.6 Å². The number of benzene rings is 2. The molecule has 1 atom stereocenters. The van der Waals surface area contributed by atoms with E-state index < -0.39 is 11.4 Å². The number of ether oxygens (including phenoxy) is 1. The number of fused-ring (bicyclic) bond motifs is 3. The summed E-state index contributed by atoms with van der Waals surface area (Å²) >= 11 is 0. The Labute approximate surface area is 225 Å². The van der Waals surface area contributed by atoms with Crippen LogP contribution in [0.1, 0.15) is 49.4 Å². The van der Waals surface area contributed by atoms with Gasteiger partial charge in [0.25, 0.3) is 0 Å². The zero-order valence-electron chi connectivity index (χ0n) is 22.6. The highest BCUT2D eigenvalue weighted by Gasteiger charge is 2.32. The molecule has 1 unspecified atom stereocenters. The predicted octanol–water partition coefficient (Wildman–Crippen LogP) is 6.42. The van der Waals surface area contributed by atoms with E-state index in [4.69, 9.17) is 9.72 Å². The van der Waals surface area contributed by atoms with E-state index in [2.05, 4.69) is 9.67 Å². The maximum Gasteiger partial charge on any atom is 0.135 e. The average molecular weight is 531 g/mol. The van der Waals surface area contributed by atoms with Gasteiger partial charge in [-0.2, -0.15) is 5.10 Å². The molecule has 3 aromatic heterocycles. The first-order valence-electron chi connectivity index (χ1n) is 13.3. The van der Waals surface area contributed by atoms with E-state index in [-0.39, 0.29) is 17.8 Å². The minimum absolute atomic E-state index is 0.121. The lowest BCUT2D eigenvalue weighted by Gasteiger charge is -2.33. The fourth-order valence-corrected chi connectivity index (χ4v) is 6.07. The maximum absolute atomic E-state index is 15.9. The van der Waals surface area contributed by atoms with Gasteiger partial charge in [-0.1, -0.05) is 12.1 Å². The molecule has 0 bridgehead atoms. The smallest absolute Gasteiger partial charge is 0.135 e. The lowest BCUT2D eigenvalue weighted by atomic mass is 9.86. The third-order valence-electron chi connectivity index (χ3n) is 7.98. The van der Waals surface area contributed by atoms with Gasteiger partial charge in [-0.15, -0.1) is 0 Å². The van der Waals surface area contributed by atoms with Crippen LogP contribution in [0.25, 0.3) is 33.2 Å². The van der Waals surface area contributed by atoms with Gasteiger partial charge in [0, 0.05) is 32.0 Å². The van der Waals surface area contributed by atoms with E-state index in [1.54, 1.807) is 36.9 Å². The van der Waals surface area contributed by atoms with Crippen molar-refractivity contribution in [3.8, 4) is 11.3 Å². The summed E-state index contributed by atoms with van der Waals surface area (Å²) in [5.41, 5.74) is 4.69. The zero-order valence-corrected chi connectivity index (χ0v) is 22.6. The van der Waals surface area contributed by atoms with Crippen molar-refractivity contribution in [2.75, 3.05) is 13.2 Å². The topological polar surface area (TPSA) is 65.1 Å². The molecule has 0 spiro atoms. The largest absolute Gasteiger partial charge is 0.386 e. The highest BCUT2D eigenvalue weighted by atomic mass is 19.1. The molecule has 1 fully saturated rings. The number of aliphatic hydroxyl groups is 1. The second-order valence-electron chi connectivity index (χ2n) is 11.1. The molecule has 2 aromatic carbocycles. The van der Waals surface area contributed by atoms with Gasteiger partial charge in [-0.25, -0.2) is 8.78 Å². The SMILES string of the molecule is Cc1cnn(C)c1-c1cnc2c3c(F)cc(C(C)(C)O)cc3n(C(c3cccc(F)c3)C3CCOCC3)c2c1. The van der Waals surface area contributed by atoms with Crippen molar-refractivity contribution in [3.63, 3.8) is 0 Å². The molecule has 0 aliphatic carbocycles. The summed E-state index contributed by atoms with van der Waals surface area (Å²) in [5, 5.41) is 15.6. The molecule has 8 heteroatoms. The molecule has 4 heterocycles. The second-order valence-corrected chi connectivity index (χ2v) is 11.1. The molecule has 202 valence electrons. The number of aromatic nitrogens is 4. The molecular weight excluding hydrogens is 498 g/mol. The van der Waals surface area contributed by atoms with Crippen LogP contribution in [0.3, 0.4) is 0 Å². The van der Waals surface area contributed by atoms with Gasteiger partial charge in [0.05, 0.1) is 45.5 Å². The molecule has 1 saturated heterocycles. The Kier molecular flexibility index (Phi) is 6.27. The minimum Gasteiger partial charge on any atom is -0.386 e. The van der Waals surface area contributed by atoms with Crippen molar-refractivity contribution in [1.82, 2.24) is 19.3 Å². The van der Waals surface area contributed by atoms with E-state index in [9.17, 15) is 9.50 Å². The van der Waals surface area contributed by atoms with Gasteiger partial charge in [-0.3, -0.25) is 9.67 Å². The maximum atomic E-state index is 15.9. The lowest BCUT2D eigenvalue weighted by molar-refractivity contribution is 0.0552. The summed E-state index contributed by atoms with van der Waals surface area (Å²) in [6.45, 7) is 6.49. The molecule has 6 rings (SSSR count). The third kappa shape index (κ3) is 4.41. The highest BCUT2D eigenvalue weighted by Crippen LogP contribution is 2.43. The van der Waals surface area contributed by atoms with Crippen molar-refractivity contribution in [3.05, 3.63) is 83.2 Å². The van der Waals surface area contributed by atoms with E-state index >= 15 is 4.39 Å². The quantitative estimate of drug-likeness (QED) is 0.285. The summed E-state index contributed by atoms with van der Waals surface area (Å²) in [5.74, 6) is -0.649. The molecule has 1 N–H and O–H groups in total. The van der Waals surface area contributed by atoms with Crippen LogP contribution in [-0.4, -0.2) is 37.7 Å². The summed E-state index contributed by atoms with van der Waals surface area (Å²) in [7, 11) is 1.88. The van der Waals surface area contributed by atoms with Gasteiger partial charge >= 0.3 is 0 Å².